The molecule has 9 heteroatoms. The predicted molar refractivity (Wildman–Crippen MR) is 148 cm³/mol. The van der Waals surface area contributed by atoms with Gasteiger partial charge in [0.05, 0.1) is 30.7 Å². The maximum atomic E-state index is 13.7. The second-order valence-electron chi connectivity index (χ2n) is 9.91. The van der Waals surface area contributed by atoms with Gasteiger partial charge in [-0.2, -0.15) is 0 Å². The lowest BCUT2D eigenvalue weighted by Crippen LogP contribution is -2.35. The van der Waals surface area contributed by atoms with Crippen LogP contribution < -0.4 is 15.5 Å². The monoisotopic (exact) mass is 545 g/mol. The first-order chi connectivity index (χ1) is 18.9. The van der Waals surface area contributed by atoms with Crippen molar-refractivity contribution in [1.82, 2.24) is 14.8 Å². The Hall–Kier alpha value is -3.85. The van der Waals surface area contributed by atoms with Crippen molar-refractivity contribution in [1.29, 1.82) is 0 Å². The maximum Gasteiger partial charge on any atom is 0.257 e. The van der Waals surface area contributed by atoms with Gasteiger partial charge >= 0.3 is 0 Å². The van der Waals surface area contributed by atoms with Crippen LogP contribution in [0.3, 0.4) is 0 Å². The van der Waals surface area contributed by atoms with E-state index in [2.05, 4.69) is 10.2 Å². The van der Waals surface area contributed by atoms with E-state index in [1.807, 2.05) is 41.0 Å². The third-order valence-electron chi connectivity index (χ3n) is 7.21. The fraction of sp³-hybridized carbons (Fsp3) is 0.267. The van der Waals surface area contributed by atoms with Crippen LogP contribution in [-0.4, -0.2) is 46.8 Å². The van der Waals surface area contributed by atoms with Crippen molar-refractivity contribution in [2.75, 3.05) is 26.3 Å². The lowest BCUT2D eigenvalue weighted by atomic mass is 10.0. The van der Waals surface area contributed by atoms with Gasteiger partial charge in [0.2, 0.25) is 5.43 Å². The molecule has 200 valence electrons. The van der Waals surface area contributed by atoms with Gasteiger partial charge in [-0.15, -0.1) is 0 Å². The summed E-state index contributed by atoms with van der Waals surface area (Å²) in [4.78, 5) is 29.3. The van der Waals surface area contributed by atoms with Crippen molar-refractivity contribution in [3.63, 3.8) is 0 Å². The summed E-state index contributed by atoms with van der Waals surface area (Å²) in [6, 6.07) is 18.0. The molecule has 0 aliphatic carbocycles. The molecule has 1 atom stereocenters. The van der Waals surface area contributed by atoms with Crippen molar-refractivity contribution in [2.45, 2.75) is 25.7 Å². The van der Waals surface area contributed by atoms with E-state index in [0.29, 0.717) is 48.0 Å². The van der Waals surface area contributed by atoms with Crippen LogP contribution in [0.1, 0.15) is 33.2 Å². The molecule has 1 saturated heterocycles. The number of phenolic OH excluding ortho intramolecular Hbond substituents is 1. The van der Waals surface area contributed by atoms with Gasteiger partial charge in [-0.25, -0.2) is 0 Å². The highest BCUT2D eigenvalue weighted by molar-refractivity contribution is 6.30. The molecule has 3 aromatic carbocycles. The molecule has 0 bridgehead atoms. The standard InChI is InChI=1S/C30H28ClN3O5/c31-22-5-1-19(2-6-22)15-32-30(37)25-17-34-18-27(21-3-7-23(35)8-4-21)39-26-14-20(13-24(28(26)34)29(25)36)16-33-9-11-38-12-10-33/h1-8,13-14,17,27,35H,9-12,15-16,18H2,(H,32,37). The number of benzene rings is 3. The second kappa shape index (κ2) is 10.7. The van der Waals surface area contributed by atoms with Crippen LogP contribution in [0.5, 0.6) is 11.5 Å². The largest absolute Gasteiger partial charge is 0.508 e. The summed E-state index contributed by atoms with van der Waals surface area (Å²) in [6.45, 7) is 4.29. The summed E-state index contributed by atoms with van der Waals surface area (Å²) in [6.07, 6.45) is 1.27. The van der Waals surface area contributed by atoms with E-state index in [9.17, 15) is 14.7 Å². The number of nitrogens with one attached hydrogen (secondary N) is 1. The predicted octanol–water partition coefficient (Wildman–Crippen LogP) is 4.26. The van der Waals surface area contributed by atoms with Crippen molar-refractivity contribution in [3.8, 4) is 11.5 Å². The number of carbonyl (C=O) groups is 1. The van der Waals surface area contributed by atoms with E-state index in [1.165, 1.54) is 0 Å². The Kier molecular flexibility index (Phi) is 6.99. The minimum Gasteiger partial charge on any atom is -0.508 e. The van der Waals surface area contributed by atoms with Crippen molar-refractivity contribution < 1.29 is 19.4 Å². The lowest BCUT2D eigenvalue weighted by molar-refractivity contribution is 0.0341. The second-order valence-corrected chi connectivity index (χ2v) is 10.3. The van der Waals surface area contributed by atoms with Gasteiger partial charge in [-0.05, 0) is 53.1 Å². The maximum absolute atomic E-state index is 13.7. The average Bonchev–Trinajstić information content (AvgIpc) is 2.95. The molecule has 39 heavy (non-hydrogen) atoms. The van der Waals surface area contributed by atoms with Crippen LogP contribution in [0.15, 0.2) is 71.7 Å². The molecule has 4 aromatic rings. The van der Waals surface area contributed by atoms with E-state index in [1.54, 1.807) is 30.5 Å². The smallest absolute Gasteiger partial charge is 0.257 e. The molecular formula is C30H28ClN3O5. The molecule has 1 unspecified atom stereocenters. The van der Waals surface area contributed by atoms with Crippen molar-refractivity contribution in [2.24, 2.45) is 0 Å². The normalized spacial score (nSPS) is 17.1. The van der Waals surface area contributed by atoms with Gasteiger partial charge in [0.1, 0.15) is 23.2 Å². The number of phenols is 1. The Bertz CT molecular complexity index is 1580. The Labute approximate surface area is 230 Å². The fourth-order valence-electron chi connectivity index (χ4n) is 5.17. The van der Waals surface area contributed by atoms with Gasteiger partial charge in [-0.1, -0.05) is 35.9 Å². The number of nitrogens with zero attached hydrogens (tertiary/aromatic N) is 2. The molecule has 2 N–H and O–H groups in total. The zero-order valence-electron chi connectivity index (χ0n) is 21.2. The van der Waals surface area contributed by atoms with Crippen LogP contribution >= 0.6 is 11.6 Å². The highest BCUT2D eigenvalue weighted by Gasteiger charge is 2.27. The molecule has 0 spiro atoms. The molecular weight excluding hydrogens is 518 g/mol. The van der Waals surface area contributed by atoms with Crippen molar-refractivity contribution in [3.05, 3.63) is 104 Å². The first kappa shape index (κ1) is 25.4. The first-order valence-electron chi connectivity index (χ1n) is 12.9. The topological polar surface area (TPSA) is 93.0 Å². The molecule has 6 rings (SSSR count). The minimum absolute atomic E-state index is 0.0808. The number of carbonyl (C=O) groups excluding carboxylic acids is 1. The minimum atomic E-state index is -0.437. The summed E-state index contributed by atoms with van der Waals surface area (Å²) in [5.74, 6) is 0.340. The zero-order valence-corrected chi connectivity index (χ0v) is 22.0. The molecule has 8 nitrogen and oxygen atoms in total. The SMILES string of the molecule is O=C(NCc1ccc(Cl)cc1)c1cn2c3c(cc(CN4CCOCC4)cc3c1=O)OC(c1ccc(O)cc1)C2. The Morgan fingerprint density at radius 1 is 1.03 bits per heavy atom. The van der Waals surface area contributed by atoms with E-state index in [0.717, 1.165) is 29.8 Å². The van der Waals surface area contributed by atoms with Crippen molar-refractivity contribution >= 4 is 28.4 Å². The van der Waals surface area contributed by atoms with Crippen LogP contribution in [0.25, 0.3) is 10.9 Å². The van der Waals surface area contributed by atoms with Gasteiger partial charge in [0.25, 0.3) is 5.91 Å². The van der Waals surface area contributed by atoms with Crippen LogP contribution in [-0.2, 0) is 24.4 Å². The quantitative estimate of drug-likeness (QED) is 0.376. The Morgan fingerprint density at radius 3 is 2.51 bits per heavy atom. The number of hydrogen-bond donors (Lipinski definition) is 2. The van der Waals surface area contributed by atoms with Crippen LogP contribution in [0.4, 0.5) is 0 Å². The number of aromatic hydroxyl groups is 1. The molecule has 0 saturated carbocycles. The summed E-state index contributed by atoms with van der Waals surface area (Å²) < 4.78 is 13.8. The van der Waals surface area contributed by atoms with Gasteiger partial charge in [0.15, 0.2) is 0 Å². The van der Waals surface area contributed by atoms with E-state index >= 15 is 0 Å². The molecule has 1 aromatic heterocycles. The Morgan fingerprint density at radius 2 is 1.77 bits per heavy atom. The third kappa shape index (κ3) is 5.36. The molecule has 3 heterocycles. The number of rotatable bonds is 6. The van der Waals surface area contributed by atoms with E-state index in [-0.39, 0.29) is 29.4 Å². The summed E-state index contributed by atoms with van der Waals surface area (Å²) in [5, 5.41) is 13.7. The number of ether oxygens (including phenoxy) is 2. The fourth-order valence-corrected chi connectivity index (χ4v) is 5.30. The number of aromatic nitrogens is 1. The third-order valence-corrected chi connectivity index (χ3v) is 7.47. The summed E-state index contributed by atoms with van der Waals surface area (Å²) in [7, 11) is 0. The highest BCUT2D eigenvalue weighted by atomic mass is 35.5. The molecule has 2 aliphatic heterocycles. The number of hydrogen-bond acceptors (Lipinski definition) is 6. The van der Waals surface area contributed by atoms with E-state index in [4.69, 9.17) is 21.1 Å². The molecule has 2 aliphatic rings. The average molecular weight is 546 g/mol. The zero-order chi connectivity index (χ0) is 26.9. The van der Waals surface area contributed by atoms with E-state index < -0.39 is 5.91 Å². The molecule has 1 fully saturated rings. The van der Waals surface area contributed by atoms with Gasteiger partial charge < -0.3 is 24.5 Å². The lowest BCUT2D eigenvalue weighted by Gasteiger charge is -2.30. The van der Waals surface area contributed by atoms with Gasteiger partial charge in [-0.3, -0.25) is 14.5 Å². The summed E-state index contributed by atoms with van der Waals surface area (Å²) in [5.41, 5.74) is 3.13. The highest BCUT2D eigenvalue weighted by Crippen LogP contribution is 2.36. The number of amides is 1. The van der Waals surface area contributed by atoms with Crippen LogP contribution in [0, 0.1) is 0 Å². The number of halogens is 1. The molecule has 1 amide bonds. The van der Waals surface area contributed by atoms with Crippen LogP contribution in [0.2, 0.25) is 5.02 Å². The number of morpholine rings is 1. The number of pyridine rings is 1. The summed E-state index contributed by atoms with van der Waals surface area (Å²) >= 11 is 5.97. The molecule has 0 radical (unpaired) electrons. The van der Waals surface area contributed by atoms with Gasteiger partial charge in [0, 0.05) is 37.4 Å². The first-order valence-corrected chi connectivity index (χ1v) is 13.3. The Balaban J connectivity index is 1.38.